The van der Waals surface area contributed by atoms with Gasteiger partial charge in [0.15, 0.2) is 26.9 Å². The van der Waals surface area contributed by atoms with Crippen molar-refractivity contribution in [3.63, 3.8) is 0 Å². The Balaban J connectivity index is 2.47. The highest BCUT2D eigenvalue weighted by molar-refractivity contribution is 7.86. The summed E-state index contributed by atoms with van der Waals surface area (Å²) >= 11 is 0. The number of nitrogens with two attached hydrogens (primary N) is 1. The highest BCUT2D eigenvalue weighted by atomic mass is 32.2. The van der Waals surface area contributed by atoms with Crippen LogP contribution in [-0.2, 0) is 20.2 Å². The minimum Gasteiger partial charge on any atom is -0.453 e. The largest absolute Gasteiger partial charge is 0.453 e. The monoisotopic (exact) mass is 524 g/mol. The number of carbonyl (C=O) groups is 1. The molecule has 2 aliphatic rings. The number of ketones is 1. The fourth-order valence-corrected chi connectivity index (χ4v) is 5.36. The number of rotatable bonds is 4. The van der Waals surface area contributed by atoms with E-state index in [1.165, 1.54) is 31.2 Å². The minimum absolute atomic E-state index is 0.00398. The number of hydrogen-bond acceptors (Lipinski definition) is 8. The molecule has 0 fully saturated rings. The van der Waals surface area contributed by atoms with Gasteiger partial charge in [-0.25, -0.2) is 8.78 Å². The van der Waals surface area contributed by atoms with Crippen molar-refractivity contribution in [2.45, 2.75) is 16.7 Å². The second-order valence-corrected chi connectivity index (χ2v) is 10.2. The summed E-state index contributed by atoms with van der Waals surface area (Å²) in [5, 5.41) is 6.06. The van der Waals surface area contributed by atoms with Crippen molar-refractivity contribution in [2.75, 3.05) is 5.73 Å². The molecule has 2 aromatic carbocycles. The number of anilines is 1. The number of nitrogens with one attached hydrogen (secondary N) is 1. The van der Waals surface area contributed by atoms with Crippen molar-refractivity contribution >= 4 is 42.7 Å². The van der Waals surface area contributed by atoms with Crippen LogP contribution in [0.15, 0.2) is 50.6 Å². The maximum atomic E-state index is 14.8. The first-order valence-corrected chi connectivity index (χ1v) is 12.3. The highest BCUT2D eigenvalue weighted by Crippen LogP contribution is 2.46. The summed E-state index contributed by atoms with van der Waals surface area (Å²) in [7, 11) is -10.7. The van der Waals surface area contributed by atoms with Crippen LogP contribution in [0.5, 0.6) is 0 Å². The molecule has 0 unspecified atom stereocenters. The van der Waals surface area contributed by atoms with Crippen LogP contribution in [0.1, 0.15) is 17.3 Å². The Morgan fingerprint density at radius 2 is 1.57 bits per heavy atom. The number of Topliss-reactive ketones (excluding diaryl/α,β-unsaturated/α-hetero) is 1. The molecule has 0 spiro atoms. The average molecular weight is 524 g/mol. The van der Waals surface area contributed by atoms with E-state index in [1.807, 2.05) is 0 Å². The van der Waals surface area contributed by atoms with Gasteiger partial charge < -0.3 is 10.2 Å². The van der Waals surface area contributed by atoms with Gasteiger partial charge in [-0.1, -0.05) is 24.3 Å². The lowest BCUT2D eigenvalue weighted by atomic mass is 9.89. The Hall–Kier alpha value is -3.72. The zero-order chi connectivity index (χ0) is 26.0. The van der Waals surface area contributed by atoms with Crippen molar-refractivity contribution in [1.29, 1.82) is 5.41 Å². The summed E-state index contributed by atoms with van der Waals surface area (Å²) in [4.78, 5) is 9.68. The number of fused-ring (bicyclic) bond motifs is 2. The molecular weight excluding hydrogens is 510 g/mol. The topological polar surface area (TPSA) is 189 Å². The molecule has 0 bridgehead atoms. The zero-order valence-corrected chi connectivity index (χ0v) is 19.1. The smallest absolute Gasteiger partial charge is 0.300 e. The third-order valence-corrected chi connectivity index (χ3v) is 7.07. The SMILES string of the molecule is CC(=O)c1ccccc1-c1c2cc(F)c(=N)c(S(=O)(=O)O)c-2oc2c(S(=O)(=O)O)c(N)c(F)cc12. The van der Waals surface area contributed by atoms with Crippen LogP contribution in [0.3, 0.4) is 0 Å². The maximum absolute atomic E-state index is 14.8. The van der Waals surface area contributed by atoms with Crippen LogP contribution < -0.4 is 11.1 Å². The van der Waals surface area contributed by atoms with Crippen LogP contribution in [0, 0.1) is 17.0 Å². The van der Waals surface area contributed by atoms with Crippen molar-refractivity contribution in [3.8, 4) is 22.5 Å². The number of carbonyl (C=O) groups excluding carboxylic acids is 1. The Morgan fingerprint density at radius 1 is 0.971 bits per heavy atom. The third-order valence-electron chi connectivity index (χ3n) is 5.25. The molecule has 0 radical (unpaired) electrons. The molecule has 1 heterocycles. The van der Waals surface area contributed by atoms with E-state index in [9.17, 15) is 39.5 Å². The van der Waals surface area contributed by atoms with Gasteiger partial charge in [0.25, 0.3) is 10.1 Å². The van der Waals surface area contributed by atoms with Crippen molar-refractivity contribution in [2.24, 2.45) is 0 Å². The molecule has 0 aromatic heterocycles. The van der Waals surface area contributed by atoms with E-state index in [0.717, 1.165) is 0 Å². The Morgan fingerprint density at radius 3 is 2.14 bits per heavy atom. The Labute approximate surface area is 196 Å². The van der Waals surface area contributed by atoms with Crippen LogP contribution in [-0.4, -0.2) is 31.7 Å². The molecule has 4 rings (SSSR count). The summed E-state index contributed by atoms with van der Waals surface area (Å²) in [5.41, 5.74) is 2.85. The van der Waals surface area contributed by atoms with Crippen LogP contribution in [0.4, 0.5) is 14.5 Å². The minimum atomic E-state index is -5.35. The first-order valence-electron chi connectivity index (χ1n) is 9.45. The highest BCUT2D eigenvalue weighted by Gasteiger charge is 2.33. The summed E-state index contributed by atoms with van der Waals surface area (Å²) in [6.45, 7) is 1.19. The molecule has 5 N–H and O–H groups in total. The number of halogens is 2. The fraction of sp³-hybridized carbons (Fsp3) is 0.0476. The van der Waals surface area contributed by atoms with Crippen molar-refractivity contribution in [1.82, 2.24) is 0 Å². The standard InChI is InChI=1S/C21H14F2N2O8S2/c1-8(26)9-4-2-3-5-10(9)15-11-6-13(22)16(24)20(34(27,28)29)18(11)33-19-12(15)7-14(23)17(25)21(19)35(30,31)32/h2-7,24H,25H2,1H3,(H,27,28,29)(H,30,31,32). The zero-order valence-electron chi connectivity index (χ0n) is 17.5. The molecule has 0 saturated carbocycles. The molecule has 182 valence electrons. The predicted octanol–water partition coefficient (Wildman–Crippen LogP) is 3.24. The molecule has 1 aliphatic carbocycles. The van der Waals surface area contributed by atoms with Gasteiger partial charge in [0, 0.05) is 22.1 Å². The molecule has 0 saturated heterocycles. The van der Waals surface area contributed by atoms with Gasteiger partial charge in [-0.3, -0.25) is 19.3 Å². The molecule has 35 heavy (non-hydrogen) atoms. The summed E-state index contributed by atoms with van der Waals surface area (Å²) in [5.74, 6) is -4.15. The van der Waals surface area contributed by atoms with E-state index in [1.54, 1.807) is 0 Å². The lowest BCUT2D eigenvalue weighted by Crippen LogP contribution is -2.20. The number of nitrogen functional groups attached to an aromatic ring is 1. The first kappa shape index (κ1) is 24.4. The Kier molecular flexibility index (Phi) is 5.52. The van der Waals surface area contributed by atoms with E-state index >= 15 is 0 Å². The number of hydrogen-bond donors (Lipinski definition) is 4. The van der Waals surface area contributed by atoms with Crippen LogP contribution in [0.2, 0.25) is 0 Å². The van der Waals surface area contributed by atoms with Crippen LogP contribution >= 0.6 is 0 Å². The Bertz CT molecular complexity index is 1830. The quantitative estimate of drug-likeness (QED) is 0.134. The predicted molar refractivity (Wildman–Crippen MR) is 118 cm³/mol. The summed E-state index contributed by atoms with van der Waals surface area (Å²) < 4.78 is 103. The summed E-state index contributed by atoms with van der Waals surface area (Å²) in [6, 6.07) is 6.98. The van der Waals surface area contributed by atoms with E-state index in [-0.39, 0.29) is 16.7 Å². The average Bonchev–Trinajstić information content (AvgIpc) is 2.72. The molecule has 10 nitrogen and oxygen atoms in total. The lowest BCUT2D eigenvalue weighted by Gasteiger charge is -2.20. The second-order valence-electron chi connectivity index (χ2n) is 7.45. The molecule has 0 atom stereocenters. The molecule has 0 amide bonds. The second kappa shape index (κ2) is 7.91. The van der Waals surface area contributed by atoms with Gasteiger partial charge in [0.2, 0.25) is 0 Å². The summed E-state index contributed by atoms with van der Waals surface area (Å²) in [6.07, 6.45) is 0. The van der Waals surface area contributed by atoms with Gasteiger partial charge in [0.1, 0.15) is 17.0 Å². The van der Waals surface area contributed by atoms with Crippen molar-refractivity contribution < 1.29 is 43.9 Å². The van der Waals surface area contributed by atoms with Gasteiger partial charge >= 0.3 is 10.1 Å². The van der Waals surface area contributed by atoms with Gasteiger partial charge in [0.05, 0.1) is 5.69 Å². The fourth-order valence-electron chi connectivity index (χ4n) is 3.85. The first-order chi connectivity index (χ1) is 16.1. The van der Waals surface area contributed by atoms with E-state index in [0.29, 0.717) is 12.1 Å². The van der Waals surface area contributed by atoms with Gasteiger partial charge in [-0.05, 0) is 24.6 Å². The normalized spacial score (nSPS) is 12.4. The van der Waals surface area contributed by atoms with E-state index in [4.69, 9.17) is 15.6 Å². The van der Waals surface area contributed by atoms with Gasteiger partial charge in [-0.2, -0.15) is 16.8 Å². The van der Waals surface area contributed by atoms with E-state index < -0.39 is 80.8 Å². The molecule has 1 aliphatic heterocycles. The third kappa shape index (κ3) is 3.85. The van der Waals surface area contributed by atoms with Crippen LogP contribution in [0.25, 0.3) is 33.4 Å². The van der Waals surface area contributed by atoms with Gasteiger partial charge in [-0.15, -0.1) is 0 Å². The van der Waals surface area contributed by atoms with E-state index in [2.05, 4.69) is 0 Å². The molecular formula is C21H14F2N2O8S2. The maximum Gasteiger partial charge on any atom is 0.300 e. The lowest BCUT2D eigenvalue weighted by molar-refractivity contribution is 0.101. The molecule has 2 aromatic rings. The molecule has 14 heteroatoms. The number of benzene rings is 3. The van der Waals surface area contributed by atoms with Crippen molar-refractivity contribution in [3.05, 3.63) is 59.0 Å².